The summed E-state index contributed by atoms with van der Waals surface area (Å²) in [5, 5.41) is 12.2. The van der Waals surface area contributed by atoms with Crippen molar-refractivity contribution in [2.45, 2.75) is 0 Å². The molecule has 0 aliphatic carbocycles. The van der Waals surface area contributed by atoms with Gasteiger partial charge < -0.3 is 10.4 Å². The number of halogens is 1. The Morgan fingerprint density at radius 2 is 2.12 bits per heavy atom. The van der Waals surface area contributed by atoms with Gasteiger partial charge in [0.1, 0.15) is 5.75 Å². The van der Waals surface area contributed by atoms with Gasteiger partial charge in [0.05, 0.1) is 28.7 Å². The lowest BCUT2D eigenvalue weighted by molar-refractivity contribution is 0.102. The highest BCUT2D eigenvalue weighted by molar-refractivity contribution is 6.33. The number of aromatic nitrogens is 2. The number of hydrogen-bond acceptors (Lipinski definition) is 4. The number of carbonyl (C=O) groups excluding carboxylic acids is 1. The summed E-state index contributed by atoms with van der Waals surface area (Å²) in [4.78, 5) is 19.3. The van der Waals surface area contributed by atoms with Crippen molar-refractivity contribution in [3.05, 3.63) is 47.5 Å². The number of anilines is 1. The Kier molecular flexibility index (Phi) is 3.20. The number of hydrogen-bond donors (Lipinski definition) is 2. The van der Waals surface area contributed by atoms with E-state index in [1.807, 2.05) is 0 Å². The molecule has 2 N–H and O–H groups in total. The standard InChI is InChI=1S/C11H8ClN3O2/c12-9-1-2-13-6-10(9)15-11(17)7-3-8(16)5-14-4-7/h1-6,16H,(H,15,17). The average molecular weight is 250 g/mol. The molecule has 0 unspecified atom stereocenters. The summed E-state index contributed by atoms with van der Waals surface area (Å²) in [6.45, 7) is 0. The molecule has 2 aromatic heterocycles. The number of aromatic hydroxyl groups is 1. The maximum Gasteiger partial charge on any atom is 0.257 e. The second-order valence-corrected chi connectivity index (χ2v) is 3.65. The molecule has 0 atom stereocenters. The second-order valence-electron chi connectivity index (χ2n) is 3.24. The molecular formula is C11H8ClN3O2. The first-order valence-corrected chi connectivity index (χ1v) is 5.09. The predicted molar refractivity (Wildman–Crippen MR) is 63.1 cm³/mol. The molecule has 0 spiro atoms. The monoisotopic (exact) mass is 249 g/mol. The van der Waals surface area contributed by atoms with Crippen molar-refractivity contribution in [3.8, 4) is 5.75 Å². The van der Waals surface area contributed by atoms with Crippen LogP contribution in [0.1, 0.15) is 10.4 Å². The number of rotatable bonds is 2. The zero-order valence-corrected chi connectivity index (χ0v) is 9.35. The van der Waals surface area contributed by atoms with Gasteiger partial charge in [0, 0.05) is 12.4 Å². The fraction of sp³-hybridized carbons (Fsp3) is 0. The highest BCUT2D eigenvalue weighted by Gasteiger charge is 2.09. The van der Waals surface area contributed by atoms with E-state index >= 15 is 0 Å². The van der Waals surface area contributed by atoms with Crippen molar-refractivity contribution in [1.29, 1.82) is 0 Å². The molecule has 0 radical (unpaired) electrons. The molecule has 2 rings (SSSR count). The van der Waals surface area contributed by atoms with E-state index in [9.17, 15) is 9.90 Å². The minimum absolute atomic E-state index is 0.0741. The summed E-state index contributed by atoms with van der Waals surface area (Å²) in [5.41, 5.74) is 0.646. The SMILES string of the molecule is O=C(Nc1cnccc1Cl)c1cncc(O)c1. The molecule has 0 aromatic carbocycles. The van der Waals surface area contributed by atoms with Gasteiger partial charge in [-0.05, 0) is 12.1 Å². The van der Waals surface area contributed by atoms with Gasteiger partial charge in [-0.15, -0.1) is 0 Å². The van der Waals surface area contributed by atoms with Crippen LogP contribution in [-0.2, 0) is 0 Å². The lowest BCUT2D eigenvalue weighted by atomic mass is 10.2. The van der Waals surface area contributed by atoms with Crippen LogP contribution in [0.15, 0.2) is 36.9 Å². The average Bonchev–Trinajstić information content (AvgIpc) is 2.32. The lowest BCUT2D eigenvalue weighted by Gasteiger charge is -2.06. The van der Waals surface area contributed by atoms with Crippen LogP contribution in [-0.4, -0.2) is 21.0 Å². The smallest absolute Gasteiger partial charge is 0.257 e. The number of nitrogens with zero attached hydrogens (tertiary/aromatic N) is 2. The van der Waals surface area contributed by atoms with Crippen LogP contribution < -0.4 is 5.32 Å². The Morgan fingerprint density at radius 3 is 2.82 bits per heavy atom. The van der Waals surface area contributed by atoms with Gasteiger partial charge in [-0.2, -0.15) is 0 Å². The molecule has 17 heavy (non-hydrogen) atoms. The van der Waals surface area contributed by atoms with Gasteiger partial charge in [-0.1, -0.05) is 11.6 Å². The van der Waals surface area contributed by atoms with Crippen LogP contribution in [0.3, 0.4) is 0 Å². The Bertz CT molecular complexity index is 560. The summed E-state index contributed by atoms with van der Waals surface area (Å²) in [6.07, 6.45) is 5.55. The summed E-state index contributed by atoms with van der Waals surface area (Å²) in [5.74, 6) is -0.488. The molecule has 2 aromatic rings. The highest BCUT2D eigenvalue weighted by Crippen LogP contribution is 2.20. The third-order valence-electron chi connectivity index (χ3n) is 2.00. The van der Waals surface area contributed by atoms with E-state index in [-0.39, 0.29) is 11.3 Å². The van der Waals surface area contributed by atoms with Gasteiger partial charge in [0.2, 0.25) is 0 Å². The minimum Gasteiger partial charge on any atom is -0.506 e. The summed E-state index contributed by atoms with van der Waals surface area (Å²) in [6, 6.07) is 2.88. The molecule has 0 aliphatic rings. The van der Waals surface area contributed by atoms with Crippen molar-refractivity contribution in [1.82, 2.24) is 9.97 Å². The van der Waals surface area contributed by atoms with Gasteiger partial charge in [0.25, 0.3) is 5.91 Å². The molecule has 86 valence electrons. The van der Waals surface area contributed by atoms with E-state index in [0.717, 1.165) is 0 Å². The second kappa shape index (κ2) is 4.80. The van der Waals surface area contributed by atoms with Crippen molar-refractivity contribution >= 4 is 23.2 Å². The Labute approximate surface area is 102 Å². The Hall–Kier alpha value is -2.14. The number of nitrogens with one attached hydrogen (secondary N) is 1. The van der Waals surface area contributed by atoms with Crippen LogP contribution >= 0.6 is 11.6 Å². The molecule has 0 bridgehead atoms. The van der Waals surface area contributed by atoms with Crippen molar-refractivity contribution < 1.29 is 9.90 Å². The maximum absolute atomic E-state index is 11.8. The zero-order chi connectivity index (χ0) is 12.3. The summed E-state index contributed by atoms with van der Waals surface area (Å²) < 4.78 is 0. The quantitative estimate of drug-likeness (QED) is 0.855. The molecular weight excluding hydrogens is 242 g/mol. The first-order chi connectivity index (χ1) is 8.16. The Balaban J connectivity index is 2.20. The third-order valence-corrected chi connectivity index (χ3v) is 2.33. The van der Waals surface area contributed by atoms with Crippen molar-refractivity contribution in [2.24, 2.45) is 0 Å². The molecule has 6 heteroatoms. The summed E-state index contributed by atoms with van der Waals surface area (Å²) in [7, 11) is 0. The van der Waals surface area contributed by atoms with E-state index in [2.05, 4.69) is 15.3 Å². The first kappa shape index (κ1) is 11.3. The topological polar surface area (TPSA) is 75.1 Å². The summed E-state index contributed by atoms with van der Waals surface area (Å²) >= 11 is 5.87. The maximum atomic E-state index is 11.8. The number of pyridine rings is 2. The van der Waals surface area contributed by atoms with Crippen molar-refractivity contribution in [2.75, 3.05) is 5.32 Å². The molecule has 1 amide bonds. The molecule has 0 fully saturated rings. The Morgan fingerprint density at radius 1 is 1.29 bits per heavy atom. The normalized spacial score (nSPS) is 9.94. The van der Waals surface area contributed by atoms with E-state index in [1.54, 1.807) is 6.07 Å². The highest BCUT2D eigenvalue weighted by atomic mass is 35.5. The minimum atomic E-state index is -0.414. The largest absolute Gasteiger partial charge is 0.506 e. The first-order valence-electron chi connectivity index (χ1n) is 4.71. The number of amides is 1. The molecule has 5 nitrogen and oxygen atoms in total. The number of carbonyl (C=O) groups is 1. The van der Waals surface area contributed by atoms with Crippen LogP contribution in [0.25, 0.3) is 0 Å². The zero-order valence-electron chi connectivity index (χ0n) is 8.59. The van der Waals surface area contributed by atoms with E-state index in [1.165, 1.54) is 30.9 Å². The van der Waals surface area contributed by atoms with Crippen LogP contribution in [0, 0.1) is 0 Å². The lowest BCUT2D eigenvalue weighted by Crippen LogP contribution is -2.12. The molecule has 0 saturated heterocycles. The van der Waals surface area contributed by atoms with Crippen LogP contribution in [0.2, 0.25) is 5.02 Å². The van der Waals surface area contributed by atoms with Gasteiger partial charge >= 0.3 is 0 Å². The van der Waals surface area contributed by atoms with E-state index in [4.69, 9.17) is 11.6 Å². The van der Waals surface area contributed by atoms with E-state index < -0.39 is 5.91 Å². The van der Waals surface area contributed by atoms with Crippen molar-refractivity contribution in [3.63, 3.8) is 0 Å². The fourth-order valence-corrected chi connectivity index (χ4v) is 1.37. The third kappa shape index (κ3) is 2.70. The fourth-order valence-electron chi connectivity index (χ4n) is 1.22. The molecule has 2 heterocycles. The molecule has 0 aliphatic heterocycles. The van der Waals surface area contributed by atoms with Gasteiger partial charge in [0.15, 0.2) is 0 Å². The van der Waals surface area contributed by atoms with Crippen LogP contribution in [0.4, 0.5) is 5.69 Å². The van der Waals surface area contributed by atoms with Crippen LogP contribution in [0.5, 0.6) is 5.75 Å². The van der Waals surface area contributed by atoms with Gasteiger partial charge in [-0.3, -0.25) is 14.8 Å². The van der Waals surface area contributed by atoms with E-state index in [0.29, 0.717) is 10.7 Å². The van der Waals surface area contributed by atoms with Gasteiger partial charge in [-0.25, -0.2) is 0 Å². The molecule has 0 saturated carbocycles. The predicted octanol–water partition coefficient (Wildman–Crippen LogP) is 2.09.